The molecule has 2 rings (SSSR count). The molecular formula is C11H19F3N2O. The summed E-state index contributed by atoms with van der Waals surface area (Å²) < 4.78 is 40.3. The van der Waals surface area contributed by atoms with Crippen molar-refractivity contribution in [1.29, 1.82) is 0 Å². The fourth-order valence-electron chi connectivity index (χ4n) is 2.92. The molecule has 17 heavy (non-hydrogen) atoms. The van der Waals surface area contributed by atoms with Gasteiger partial charge in [0.15, 0.2) is 0 Å². The quantitative estimate of drug-likeness (QED) is 0.758. The SMILES string of the molecule is CC1C2CNCC2CN1CCOCC(F)(F)F. The highest BCUT2D eigenvalue weighted by Crippen LogP contribution is 2.31. The van der Waals surface area contributed by atoms with Gasteiger partial charge in [-0.3, -0.25) is 4.90 Å². The van der Waals surface area contributed by atoms with Crippen LogP contribution in [-0.2, 0) is 4.74 Å². The number of ether oxygens (including phenoxy) is 1. The second-order valence-electron chi connectivity index (χ2n) is 4.99. The Kier molecular flexibility index (Phi) is 3.95. The van der Waals surface area contributed by atoms with Crippen LogP contribution in [0.1, 0.15) is 6.92 Å². The minimum Gasteiger partial charge on any atom is -0.371 e. The van der Waals surface area contributed by atoms with Gasteiger partial charge in [-0.25, -0.2) is 0 Å². The van der Waals surface area contributed by atoms with Crippen LogP contribution in [0.5, 0.6) is 0 Å². The molecule has 2 fully saturated rings. The average Bonchev–Trinajstić information content (AvgIpc) is 2.76. The van der Waals surface area contributed by atoms with Gasteiger partial charge in [-0.2, -0.15) is 13.2 Å². The molecular weight excluding hydrogens is 233 g/mol. The summed E-state index contributed by atoms with van der Waals surface area (Å²) in [6, 6.07) is 0.449. The number of alkyl halides is 3. The van der Waals surface area contributed by atoms with E-state index in [4.69, 9.17) is 0 Å². The van der Waals surface area contributed by atoms with Gasteiger partial charge in [0.1, 0.15) is 6.61 Å². The molecule has 100 valence electrons. The van der Waals surface area contributed by atoms with Gasteiger partial charge >= 0.3 is 6.18 Å². The van der Waals surface area contributed by atoms with Crippen LogP contribution in [0.25, 0.3) is 0 Å². The van der Waals surface area contributed by atoms with Crippen molar-refractivity contribution >= 4 is 0 Å². The number of fused-ring (bicyclic) bond motifs is 1. The van der Waals surface area contributed by atoms with Crippen molar-refractivity contribution in [2.45, 2.75) is 19.1 Å². The molecule has 2 aliphatic rings. The Morgan fingerprint density at radius 1 is 1.35 bits per heavy atom. The molecule has 6 heteroatoms. The summed E-state index contributed by atoms with van der Waals surface area (Å²) in [5.74, 6) is 1.31. The molecule has 0 amide bonds. The van der Waals surface area contributed by atoms with E-state index in [0.29, 0.717) is 24.4 Å². The summed E-state index contributed by atoms with van der Waals surface area (Å²) >= 11 is 0. The first-order valence-corrected chi connectivity index (χ1v) is 6.06. The Balaban J connectivity index is 1.67. The maximum Gasteiger partial charge on any atom is 0.411 e. The molecule has 3 unspecified atom stereocenters. The van der Waals surface area contributed by atoms with E-state index in [1.165, 1.54) is 0 Å². The van der Waals surface area contributed by atoms with Gasteiger partial charge in [0, 0.05) is 19.1 Å². The van der Waals surface area contributed by atoms with Gasteiger partial charge in [-0.1, -0.05) is 0 Å². The maximum atomic E-state index is 11.9. The zero-order chi connectivity index (χ0) is 12.5. The standard InChI is InChI=1S/C11H19F3N2O/c1-8-10-5-15-4-9(10)6-16(8)2-3-17-7-11(12,13)14/h8-10,15H,2-7H2,1H3. The number of nitrogens with one attached hydrogen (secondary N) is 1. The summed E-state index contributed by atoms with van der Waals surface area (Å²) in [6.45, 7) is 4.83. The first kappa shape index (κ1) is 13.1. The molecule has 0 bridgehead atoms. The normalized spacial score (nSPS) is 34.2. The van der Waals surface area contributed by atoms with Gasteiger partial charge in [-0.15, -0.1) is 0 Å². The van der Waals surface area contributed by atoms with Crippen LogP contribution in [0.3, 0.4) is 0 Å². The summed E-state index contributed by atoms with van der Waals surface area (Å²) in [4.78, 5) is 2.24. The maximum absolute atomic E-state index is 11.9. The van der Waals surface area contributed by atoms with Crippen molar-refractivity contribution in [3.05, 3.63) is 0 Å². The van der Waals surface area contributed by atoms with E-state index in [-0.39, 0.29) is 6.61 Å². The lowest BCUT2D eigenvalue weighted by atomic mass is 9.95. The fraction of sp³-hybridized carbons (Fsp3) is 1.00. The highest BCUT2D eigenvalue weighted by molar-refractivity contribution is 4.96. The first-order chi connectivity index (χ1) is 7.97. The Hall–Kier alpha value is -0.330. The van der Waals surface area contributed by atoms with Crippen LogP contribution >= 0.6 is 0 Å². The Bertz CT molecular complexity index is 260. The van der Waals surface area contributed by atoms with Gasteiger partial charge in [-0.05, 0) is 31.8 Å². The highest BCUT2D eigenvalue weighted by Gasteiger charge is 2.41. The van der Waals surface area contributed by atoms with Crippen LogP contribution in [0, 0.1) is 11.8 Å². The van der Waals surface area contributed by atoms with Gasteiger partial charge < -0.3 is 10.1 Å². The van der Waals surface area contributed by atoms with Crippen LogP contribution < -0.4 is 5.32 Å². The van der Waals surface area contributed by atoms with Gasteiger partial charge in [0.25, 0.3) is 0 Å². The van der Waals surface area contributed by atoms with E-state index in [9.17, 15) is 13.2 Å². The van der Waals surface area contributed by atoms with Crippen molar-refractivity contribution in [2.75, 3.05) is 39.4 Å². The fourth-order valence-corrected chi connectivity index (χ4v) is 2.92. The highest BCUT2D eigenvalue weighted by atomic mass is 19.4. The molecule has 3 atom stereocenters. The third-order valence-corrected chi connectivity index (χ3v) is 3.85. The molecule has 0 aromatic rings. The Morgan fingerprint density at radius 3 is 2.76 bits per heavy atom. The minimum atomic E-state index is -4.21. The molecule has 0 aliphatic carbocycles. The second-order valence-corrected chi connectivity index (χ2v) is 4.99. The summed E-state index contributed by atoms with van der Waals surface area (Å²) in [7, 11) is 0. The van der Waals surface area contributed by atoms with E-state index in [2.05, 4.69) is 21.9 Å². The predicted molar refractivity (Wildman–Crippen MR) is 57.8 cm³/mol. The number of halogens is 3. The van der Waals surface area contributed by atoms with Crippen molar-refractivity contribution in [3.8, 4) is 0 Å². The molecule has 2 heterocycles. The second kappa shape index (κ2) is 5.12. The largest absolute Gasteiger partial charge is 0.411 e. The predicted octanol–water partition coefficient (Wildman–Crippen LogP) is 1.10. The smallest absolute Gasteiger partial charge is 0.371 e. The summed E-state index contributed by atoms with van der Waals surface area (Å²) in [5.41, 5.74) is 0. The lowest BCUT2D eigenvalue weighted by molar-refractivity contribution is -0.174. The van der Waals surface area contributed by atoms with Crippen LogP contribution in [0.15, 0.2) is 0 Å². The molecule has 0 aromatic carbocycles. The number of hydrogen-bond donors (Lipinski definition) is 1. The van der Waals surface area contributed by atoms with Crippen molar-refractivity contribution < 1.29 is 17.9 Å². The topological polar surface area (TPSA) is 24.5 Å². The van der Waals surface area contributed by atoms with Crippen LogP contribution in [0.4, 0.5) is 13.2 Å². The monoisotopic (exact) mass is 252 g/mol. The molecule has 0 aromatic heterocycles. The summed E-state index contributed by atoms with van der Waals surface area (Å²) in [5, 5.41) is 3.36. The van der Waals surface area contributed by atoms with Crippen molar-refractivity contribution in [1.82, 2.24) is 10.2 Å². The molecule has 2 saturated heterocycles. The lowest BCUT2D eigenvalue weighted by Gasteiger charge is -2.24. The third kappa shape index (κ3) is 3.33. The van der Waals surface area contributed by atoms with E-state index < -0.39 is 12.8 Å². The third-order valence-electron chi connectivity index (χ3n) is 3.85. The number of rotatable bonds is 4. The molecule has 0 spiro atoms. The molecule has 0 saturated carbocycles. The van der Waals surface area contributed by atoms with Crippen LogP contribution in [-0.4, -0.2) is 56.5 Å². The zero-order valence-electron chi connectivity index (χ0n) is 9.96. The van der Waals surface area contributed by atoms with E-state index in [0.717, 1.165) is 19.6 Å². The van der Waals surface area contributed by atoms with Crippen LogP contribution in [0.2, 0.25) is 0 Å². The van der Waals surface area contributed by atoms with E-state index in [1.807, 2.05) is 0 Å². The minimum absolute atomic E-state index is 0.163. The number of nitrogens with zero attached hydrogens (tertiary/aromatic N) is 1. The Morgan fingerprint density at radius 2 is 2.12 bits per heavy atom. The molecule has 1 N–H and O–H groups in total. The van der Waals surface area contributed by atoms with Crippen molar-refractivity contribution in [2.24, 2.45) is 11.8 Å². The Labute approximate surface area is 99.3 Å². The molecule has 2 aliphatic heterocycles. The van der Waals surface area contributed by atoms with E-state index >= 15 is 0 Å². The van der Waals surface area contributed by atoms with Gasteiger partial charge in [0.2, 0.25) is 0 Å². The number of likely N-dealkylation sites (tertiary alicyclic amines) is 1. The van der Waals surface area contributed by atoms with E-state index in [1.54, 1.807) is 0 Å². The average molecular weight is 252 g/mol. The summed E-state index contributed by atoms with van der Waals surface area (Å²) in [6.07, 6.45) is -4.21. The lowest BCUT2D eigenvalue weighted by Crippen LogP contribution is -2.36. The first-order valence-electron chi connectivity index (χ1n) is 6.06. The van der Waals surface area contributed by atoms with Gasteiger partial charge in [0.05, 0.1) is 6.61 Å². The zero-order valence-corrected chi connectivity index (χ0v) is 9.96. The number of hydrogen-bond acceptors (Lipinski definition) is 3. The molecule has 0 radical (unpaired) electrons. The van der Waals surface area contributed by atoms with Crippen molar-refractivity contribution in [3.63, 3.8) is 0 Å². The molecule has 3 nitrogen and oxygen atoms in total.